The number of carbonyl (C=O) groups excluding carboxylic acids is 5. The van der Waals surface area contributed by atoms with Crippen LogP contribution < -0.4 is 21.3 Å². The Bertz CT molecular complexity index is 1740. The quantitative estimate of drug-likeness (QED) is 0.105. The minimum Gasteiger partial charge on any atom is -0.376 e. The average Bonchev–Trinajstić information content (AvgIpc) is 3.56. The van der Waals surface area contributed by atoms with E-state index < -0.39 is 80.7 Å². The highest BCUT2D eigenvalue weighted by molar-refractivity contribution is 7.88. The Kier molecular flexibility index (Phi) is 16.3. The van der Waals surface area contributed by atoms with Gasteiger partial charge in [0, 0.05) is 45.6 Å². The molecule has 0 spiro atoms. The van der Waals surface area contributed by atoms with E-state index in [2.05, 4.69) is 45.9 Å². The molecular formula is C41H62N6O8S. The van der Waals surface area contributed by atoms with Gasteiger partial charge < -0.3 is 30.9 Å². The lowest BCUT2D eigenvalue weighted by Crippen LogP contribution is -2.62. The molecule has 2 aliphatic rings. The van der Waals surface area contributed by atoms with E-state index in [1.165, 1.54) is 29.2 Å². The molecule has 1 aromatic carbocycles. The summed E-state index contributed by atoms with van der Waals surface area (Å²) in [6.07, 6.45) is 10.4. The molecule has 56 heavy (non-hydrogen) atoms. The van der Waals surface area contributed by atoms with Crippen LogP contribution in [0.5, 0.6) is 0 Å². The number of urea groups is 1. The molecule has 1 aromatic rings. The van der Waals surface area contributed by atoms with Gasteiger partial charge in [0.25, 0.3) is 5.91 Å². The van der Waals surface area contributed by atoms with Crippen molar-refractivity contribution in [1.29, 1.82) is 0 Å². The van der Waals surface area contributed by atoms with E-state index in [0.717, 1.165) is 29.8 Å². The second kappa shape index (κ2) is 19.7. The van der Waals surface area contributed by atoms with E-state index in [9.17, 15) is 32.4 Å². The number of Topliss-reactive ketones (excluding diaryl/α,β-unsaturated/α-hetero) is 1. The molecule has 5 amide bonds. The number of nitrogens with one attached hydrogen (secondary N) is 4. The number of ether oxygens (including phenoxy) is 1. The zero-order chi connectivity index (χ0) is 42.0. The molecule has 310 valence electrons. The van der Waals surface area contributed by atoms with Crippen LogP contribution in [-0.4, -0.2) is 117 Å². The SMILES string of the molecule is C#CCCC(NC(=O)C1CC(OCC2CCc3ccccc3C2)CN1C(=O)C(NC(=O)NC(CN(C)S(C)(=O)=O)C(C)(C)C)C(C)(C)C)C(=O)C(=O)NCC=C. The number of hydrogen-bond donors (Lipinski definition) is 4. The highest BCUT2D eigenvalue weighted by atomic mass is 32.2. The number of carbonyl (C=O) groups is 5. The number of likely N-dealkylation sites (N-methyl/N-ethyl adjacent to an activating group) is 1. The van der Waals surface area contributed by atoms with Gasteiger partial charge in [-0.15, -0.1) is 18.9 Å². The Balaban J connectivity index is 1.89. The number of likely N-dealkylation sites (tertiary alicyclic amines) is 1. The minimum atomic E-state index is -3.54. The largest absolute Gasteiger partial charge is 0.376 e. The van der Waals surface area contributed by atoms with Crippen molar-refractivity contribution in [2.24, 2.45) is 16.7 Å². The van der Waals surface area contributed by atoms with E-state index in [4.69, 9.17) is 11.2 Å². The molecule has 6 atom stereocenters. The first-order chi connectivity index (χ1) is 26.1. The van der Waals surface area contributed by atoms with Gasteiger partial charge in [-0.2, -0.15) is 0 Å². The molecule has 1 fully saturated rings. The van der Waals surface area contributed by atoms with Crippen LogP contribution in [0, 0.1) is 29.1 Å². The van der Waals surface area contributed by atoms with Crippen molar-refractivity contribution >= 4 is 39.6 Å². The maximum absolute atomic E-state index is 14.6. The van der Waals surface area contributed by atoms with Crippen LogP contribution in [0.4, 0.5) is 4.79 Å². The molecule has 0 bridgehead atoms. The van der Waals surface area contributed by atoms with Crippen molar-refractivity contribution in [3.8, 4) is 12.3 Å². The maximum Gasteiger partial charge on any atom is 0.315 e. The molecule has 1 aliphatic carbocycles. The lowest BCUT2D eigenvalue weighted by atomic mass is 9.84. The molecule has 3 rings (SSSR count). The van der Waals surface area contributed by atoms with Crippen molar-refractivity contribution in [1.82, 2.24) is 30.5 Å². The lowest BCUT2D eigenvalue weighted by molar-refractivity contribution is -0.143. The molecule has 1 saturated heterocycles. The van der Waals surface area contributed by atoms with Gasteiger partial charge >= 0.3 is 6.03 Å². The molecule has 6 unspecified atom stereocenters. The van der Waals surface area contributed by atoms with Crippen LogP contribution in [0.2, 0.25) is 0 Å². The summed E-state index contributed by atoms with van der Waals surface area (Å²) < 4.78 is 32.0. The van der Waals surface area contributed by atoms with Gasteiger partial charge in [-0.1, -0.05) is 71.9 Å². The van der Waals surface area contributed by atoms with Gasteiger partial charge in [-0.25, -0.2) is 17.5 Å². The summed E-state index contributed by atoms with van der Waals surface area (Å²) in [6.45, 7) is 15.0. The highest BCUT2D eigenvalue weighted by Crippen LogP contribution is 2.30. The molecule has 1 aliphatic heterocycles. The predicted octanol–water partition coefficient (Wildman–Crippen LogP) is 2.57. The summed E-state index contributed by atoms with van der Waals surface area (Å²) in [5, 5.41) is 10.8. The van der Waals surface area contributed by atoms with Crippen LogP contribution in [-0.2, 0) is 46.8 Å². The number of ketones is 1. The standard InChI is InChI=1S/C41H62N6O8S/c1-11-13-18-31(34(48)37(50)42-21-12-2)43-36(49)32-23-30(55-26-27-19-20-28-16-14-15-17-29(28)22-27)24-47(32)38(51)35(41(6,7)8)45-39(52)44-33(40(3,4)5)25-46(9)56(10,53)54/h1,12,14-17,27,30-33,35H,2,13,18-26H2,3-10H3,(H,42,50)(H,43,49)(H2,44,45,52). The monoisotopic (exact) mass is 798 g/mol. The molecule has 0 saturated carbocycles. The molecule has 0 radical (unpaired) electrons. The third-order valence-corrected chi connectivity index (χ3v) is 11.7. The number of terminal acetylenes is 1. The first kappa shape index (κ1) is 46.1. The molecule has 0 aromatic heterocycles. The molecule has 14 nitrogen and oxygen atoms in total. The van der Waals surface area contributed by atoms with Crippen molar-refractivity contribution in [3.05, 3.63) is 48.0 Å². The Morgan fingerprint density at radius 2 is 1.71 bits per heavy atom. The second-order valence-electron chi connectivity index (χ2n) is 17.1. The third-order valence-electron chi connectivity index (χ3n) is 10.5. The van der Waals surface area contributed by atoms with Crippen LogP contribution >= 0.6 is 0 Å². The first-order valence-corrected chi connectivity index (χ1v) is 21.1. The summed E-state index contributed by atoms with van der Waals surface area (Å²) in [5.74, 6) is -0.291. The van der Waals surface area contributed by atoms with Crippen molar-refractivity contribution < 1.29 is 37.1 Å². The number of aryl methyl sites for hydroxylation is 1. The Morgan fingerprint density at radius 3 is 2.30 bits per heavy atom. The highest BCUT2D eigenvalue weighted by Gasteiger charge is 2.46. The van der Waals surface area contributed by atoms with E-state index in [-0.39, 0.29) is 44.8 Å². The number of amides is 5. The first-order valence-electron chi connectivity index (χ1n) is 19.2. The molecule has 1 heterocycles. The zero-order valence-corrected chi connectivity index (χ0v) is 35.1. The zero-order valence-electron chi connectivity index (χ0n) is 34.3. The topological polar surface area (TPSA) is 183 Å². The van der Waals surface area contributed by atoms with E-state index in [1.807, 2.05) is 32.9 Å². The molecule has 15 heteroatoms. The summed E-state index contributed by atoms with van der Waals surface area (Å²) in [7, 11) is -2.12. The molecule has 4 N–H and O–H groups in total. The fourth-order valence-electron chi connectivity index (χ4n) is 6.85. The van der Waals surface area contributed by atoms with Crippen LogP contribution in [0.1, 0.15) is 78.4 Å². The third kappa shape index (κ3) is 13.2. The Morgan fingerprint density at radius 1 is 1.05 bits per heavy atom. The van der Waals surface area contributed by atoms with Crippen LogP contribution in [0.15, 0.2) is 36.9 Å². The Labute approximate surface area is 333 Å². The van der Waals surface area contributed by atoms with E-state index >= 15 is 0 Å². The van der Waals surface area contributed by atoms with Crippen molar-refractivity contribution in [2.45, 2.75) is 110 Å². The summed E-state index contributed by atoms with van der Waals surface area (Å²) in [6, 6.07) is 3.52. The van der Waals surface area contributed by atoms with Gasteiger partial charge in [0.15, 0.2) is 0 Å². The van der Waals surface area contributed by atoms with Crippen molar-refractivity contribution in [3.63, 3.8) is 0 Å². The number of sulfonamides is 1. The lowest BCUT2D eigenvalue weighted by Gasteiger charge is -2.37. The van der Waals surface area contributed by atoms with E-state index in [0.29, 0.717) is 6.61 Å². The van der Waals surface area contributed by atoms with Crippen LogP contribution in [0.25, 0.3) is 0 Å². The average molecular weight is 799 g/mol. The van der Waals surface area contributed by atoms with Gasteiger partial charge in [0.05, 0.1) is 25.0 Å². The van der Waals surface area contributed by atoms with Gasteiger partial charge in [0.1, 0.15) is 12.1 Å². The number of benzene rings is 1. The van der Waals surface area contributed by atoms with Gasteiger partial charge in [0.2, 0.25) is 27.6 Å². The number of hydrogen-bond acceptors (Lipinski definition) is 8. The van der Waals surface area contributed by atoms with E-state index in [1.54, 1.807) is 20.8 Å². The van der Waals surface area contributed by atoms with Gasteiger partial charge in [-0.3, -0.25) is 19.2 Å². The fraction of sp³-hybridized carbons (Fsp3) is 0.634. The molecular weight excluding hydrogens is 737 g/mol. The fourth-order valence-corrected chi connectivity index (χ4v) is 7.27. The minimum absolute atomic E-state index is 0.00212. The predicted molar refractivity (Wildman–Crippen MR) is 216 cm³/mol. The Hall–Kier alpha value is -4.26. The van der Waals surface area contributed by atoms with Crippen LogP contribution in [0.3, 0.4) is 0 Å². The second-order valence-corrected chi connectivity index (χ2v) is 19.2. The normalized spacial score (nSPS) is 20.1. The summed E-state index contributed by atoms with van der Waals surface area (Å²) in [5.41, 5.74) is 1.20. The number of nitrogens with zero attached hydrogens (tertiary/aromatic N) is 2. The summed E-state index contributed by atoms with van der Waals surface area (Å²) in [4.78, 5) is 69.6. The summed E-state index contributed by atoms with van der Waals surface area (Å²) >= 11 is 0. The number of rotatable bonds is 17. The maximum atomic E-state index is 14.6. The smallest absolute Gasteiger partial charge is 0.315 e. The van der Waals surface area contributed by atoms with Gasteiger partial charge in [-0.05, 0) is 53.6 Å². The van der Waals surface area contributed by atoms with Crippen molar-refractivity contribution in [2.75, 3.05) is 39.5 Å². The number of fused-ring (bicyclic) bond motifs is 1.